The number of rotatable bonds is 3. The average Bonchev–Trinajstić information content (AvgIpc) is 2.77. The van der Waals surface area contributed by atoms with Crippen LogP contribution in [0.4, 0.5) is 0 Å². The Kier molecular flexibility index (Phi) is 4.42. The van der Waals surface area contributed by atoms with E-state index in [9.17, 15) is 0 Å². The number of aromatic nitrogens is 1. The van der Waals surface area contributed by atoms with Gasteiger partial charge in [-0.2, -0.15) is 0 Å². The Balaban J connectivity index is 1.50. The van der Waals surface area contributed by atoms with E-state index in [1.807, 2.05) is 0 Å². The Hall–Kier alpha value is -3.71. The maximum Gasteiger partial charge on any atom is 0.0639 e. The molecule has 1 aromatic heterocycles. The van der Waals surface area contributed by atoms with E-state index in [0.717, 1.165) is 11.4 Å². The lowest BCUT2D eigenvalue weighted by molar-refractivity contribution is 1.18. The van der Waals surface area contributed by atoms with E-state index in [0.29, 0.717) is 0 Å². The van der Waals surface area contributed by atoms with Crippen LogP contribution in [0.3, 0.4) is 0 Å². The van der Waals surface area contributed by atoms with Crippen LogP contribution in [0.2, 0.25) is 0 Å². The van der Waals surface area contributed by atoms with E-state index in [4.69, 9.17) is 4.98 Å². The molecule has 0 atom stereocenters. The minimum absolute atomic E-state index is 0.973. The number of aryl methyl sites for hydroxylation is 1. The third-order valence-corrected chi connectivity index (χ3v) is 5.28. The third-order valence-electron chi connectivity index (χ3n) is 5.28. The lowest BCUT2D eigenvalue weighted by Gasteiger charge is -2.07. The molecule has 1 heterocycles. The van der Waals surface area contributed by atoms with Crippen LogP contribution in [-0.4, -0.2) is 4.98 Å². The van der Waals surface area contributed by atoms with Gasteiger partial charge in [0.1, 0.15) is 0 Å². The van der Waals surface area contributed by atoms with Gasteiger partial charge in [0, 0.05) is 5.69 Å². The van der Waals surface area contributed by atoms with Gasteiger partial charge in [-0.05, 0) is 75.5 Å². The molecule has 0 aliphatic rings. The molecule has 138 valence electrons. The molecule has 0 spiro atoms. The summed E-state index contributed by atoms with van der Waals surface area (Å²) in [5.41, 5.74) is 5.59. The highest BCUT2D eigenvalue weighted by Gasteiger charge is 2.03. The van der Waals surface area contributed by atoms with Crippen molar-refractivity contribution in [3.05, 3.63) is 114 Å². The van der Waals surface area contributed by atoms with Crippen molar-refractivity contribution in [2.24, 2.45) is 0 Å². The van der Waals surface area contributed by atoms with Gasteiger partial charge >= 0.3 is 0 Å². The van der Waals surface area contributed by atoms with Crippen molar-refractivity contribution in [1.29, 1.82) is 0 Å². The van der Waals surface area contributed by atoms with E-state index in [1.54, 1.807) is 0 Å². The molecule has 4 aromatic carbocycles. The summed E-state index contributed by atoms with van der Waals surface area (Å²) in [6, 6.07) is 34.4. The van der Waals surface area contributed by atoms with E-state index in [1.165, 1.54) is 38.2 Å². The molecular formula is C28H21N. The van der Waals surface area contributed by atoms with Crippen LogP contribution in [0.1, 0.15) is 17.0 Å². The Morgan fingerprint density at radius 3 is 1.97 bits per heavy atom. The van der Waals surface area contributed by atoms with Gasteiger partial charge < -0.3 is 0 Å². The second-order valence-corrected chi connectivity index (χ2v) is 7.42. The predicted octanol–water partition coefficient (Wildman–Crippen LogP) is 7.53. The van der Waals surface area contributed by atoms with Gasteiger partial charge in [-0.25, -0.2) is 0 Å². The third kappa shape index (κ3) is 3.68. The SMILES string of the molecule is Cc1cc(-c2ccc3ccccc3c2)cc(C=Cc2ccc3ccccc3c2)n1. The van der Waals surface area contributed by atoms with Crippen molar-refractivity contribution < 1.29 is 0 Å². The van der Waals surface area contributed by atoms with Crippen LogP contribution >= 0.6 is 0 Å². The van der Waals surface area contributed by atoms with Crippen molar-refractivity contribution in [2.45, 2.75) is 6.92 Å². The van der Waals surface area contributed by atoms with Crippen LogP contribution in [0, 0.1) is 6.92 Å². The van der Waals surface area contributed by atoms with Crippen molar-refractivity contribution in [3.8, 4) is 11.1 Å². The number of hydrogen-bond donors (Lipinski definition) is 0. The van der Waals surface area contributed by atoms with Gasteiger partial charge in [0.15, 0.2) is 0 Å². The summed E-state index contributed by atoms with van der Waals surface area (Å²) in [4.78, 5) is 4.71. The highest BCUT2D eigenvalue weighted by atomic mass is 14.7. The summed E-state index contributed by atoms with van der Waals surface area (Å²) in [6.45, 7) is 2.05. The Morgan fingerprint density at radius 2 is 1.21 bits per heavy atom. The maximum atomic E-state index is 4.71. The van der Waals surface area contributed by atoms with Gasteiger partial charge in [0.25, 0.3) is 0 Å². The highest BCUT2D eigenvalue weighted by molar-refractivity contribution is 5.88. The first-order valence-electron chi connectivity index (χ1n) is 9.89. The predicted molar refractivity (Wildman–Crippen MR) is 125 cm³/mol. The van der Waals surface area contributed by atoms with Gasteiger partial charge in [-0.15, -0.1) is 0 Å². The zero-order valence-electron chi connectivity index (χ0n) is 16.3. The van der Waals surface area contributed by atoms with Gasteiger partial charge in [-0.3, -0.25) is 4.98 Å². The van der Waals surface area contributed by atoms with Crippen LogP contribution in [0.25, 0.3) is 44.8 Å². The zero-order valence-corrected chi connectivity index (χ0v) is 16.3. The van der Waals surface area contributed by atoms with Crippen LogP contribution in [0.15, 0.2) is 97.1 Å². The van der Waals surface area contributed by atoms with E-state index >= 15 is 0 Å². The standard InChI is InChI=1S/C28H21N/c1-20-16-27(26-14-13-23-7-3-5-9-25(23)18-26)19-28(29-20)15-11-21-10-12-22-6-2-4-8-24(22)17-21/h2-19H,1H3. The molecule has 0 saturated heterocycles. The molecule has 1 heteroatoms. The second kappa shape index (κ2) is 7.37. The first kappa shape index (κ1) is 17.4. The van der Waals surface area contributed by atoms with E-state index < -0.39 is 0 Å². The molecule has 0 unspecified atom stereocenters. The number of fused-ring (bicyclic) bond motifs is 2. The smallest absolute Gasteiger partial charge is 0.0639 e. The van der Waals surface area contributed by atoms with Crippen molar-refractivity contribution >= 4 is 33.7 Å². The van der Waals surface area contributed by atoms with Crippen molar-refractivity contribution in [3.63, 3.8) is 0 Å². The molecule has 0 aliphatic carbocycles. The molecule has 0 bridgehead atoms. The van der Waals surface area contributed by atoms with E-state index in [2.05, 4.69) is 116 Å². The quantitative estimate of drug-likeness (QED) is 0.319. The van der Waals surface area contributed by atoms with Crippen molar-refractivity contribution in [2.75, 3.05) is 0 Å². The number of benzene rings is 4. The molecule has 5 rings (SSSR count). The number of nitrogens with zero attached hydrogens (tertiary/aromatic N) is 1. The lowest BCUT2D eigenvalue weighted by atomic mass is 10.0. The molecular weight excluding hydrogens is 350 g/mol. The normalized spacial score (nSPS) is 11.5. The monoisotopic (exact) mass is 371 g/mol. The Labute approximate surface area is 171 Å². The molecule has 5 aromatic rings. The second-order valence-electron chi connectivity index (χ2n) is 7.42. The fourth-order valence-corrected chi connectivity index (χ4v) is 3.81. The lowest BCUT2D eigenvalue weighted by Crippen LogP contribution is -1.89. The summed E-state index contributed by atoms with van der Waals surface area (Å²) >= 11 is 0. The average molecular weight is 371 g/mol. The fourth-order valence-electron chi connectivity index (χ4n) is 3.81. The highest BCUT2D eigenvalue weighted by Crippen LogP contribution is 2.26. The fraction of sp³-hybridized carbons (Fsp3) is 0.0357. The molecule has 0 N–H and O–H groups in total. The summed E-state index contributed by atoms with van der Waals surface area (Å²) in [5.74, 6) is 0. The van der Waals surface area contributed by atoms with E-state index in [-0.39, 0.29) is 0 Å². The Morgan fingerprint density at radius 1 is 0.552 bits per heavy atom. The molecule has 1 nitrogen and oxygen atoms in total. The molecule has 0 amide bonds. The molecule has 0 fully saturated rings. The number of pyridine rings is 1. The van der Waals surface area contributed by atoms with Gasteiger partial charge in [0.2, 0.25) is 0 Å². The minimum Gasteiger partial charge on any atom is -0.254 e. The van der Waals surface area contributed by atoms with Gasteiger partial charge in [0.05, 0.1) is 5.69 Å². The maximum absolute atomic E-state index is 4.71. The summed E-state index contributed by atoms with van der Waals surface area (Å²) < 4.78 is 0. The first-order chi connectivity index (χ1) is 14.2. The number of hydrogen-bond acceptors (Lipinski definition) is 1. The molecule has 0 saturated carbocycles. The summed E-state index contributed by atoms with van der Waals surface area (Å²) in [6.07, 6.45) is 4.24. The van der Waals surface area contributed by atoms with Crippen molar-refractivity contribution in [1.82, 2.24) is 4.98 Å². The van der Waals surface area contributed by atoms with Gasteiger partial charge in [-0.1, -0.05) is 78.9 Å². The molecule has 0 aliphatic heterocycles. The molecule has 29 heavy (non-hydrogen) atoms. The zero-order chi connectivity index (χ0) is 19.6. The summed E-state index contributed by atoms with van der Waals surface area (Å²) in [5, 5.41) is 5.03. The van der Waals surface area contributed by atoms with Crippen LogP contribution in [0.5, 0.6) is 0 Å². The van der Waals surface area contributed by atoms with Crippen LogP contribution in [-0.2, 0) is 0 Å². The topological polar surface area (TPSA) is 12.9 Å². The Bertz CT molecular complexity index is 1360. The minimum atomic E-state index is 0.973. The first-order valence-corrected chi connectivity index (χ1v) is 9.89. The van der Waals surface area contributed by atoms with Crippen LogP contribution < -0.4 is 0 Å². The molecule has 0 radical (unpaired) electrons. The summed E-state index contributed by atoms with van der Waals surface area (Å²) in [7, 11) is 0. The largest absolute Gasteiger partial charge is 0.254 e.